The van der Waals surface area contributed by atoms with Gasteiger partial charge in [-0.3, -0.25) is 4.90 Å². The van der Waals surface area contributed by atoms with E-state index < -0.39 is 0 Å². The molecule has 1 aromatic rings. The first kappa shape index (κ1) is 12.0. The Hall–Kier alpha value is -1.02. The lowest BCUT2D eigenvalue weighted by atomic mass is 10.0. The molecule has 2 saturated heterocycles. The molecule has 3 rings (SSSR count). The summed E-state index contributed by atoms with van der Waals surface area (Å²) in [7, 11) is 0. The lowest BCUT2D eigenvalue weighted by molar-refractivity contribution is 0.318. The Labute approximate surface area is 110 Å². The number of nitrogens with zero attached hydrogens (tertiary/aromatic N) is 1. The summed E-state index contributed by atoms with van der Waals surface area (Å²) < 4.78 is 0. The van der Waals surface area contributed by atoms with Crippen LogP contribution >= 0.6 is 0 Å². The van der Waals surface area contributed by atoms with E-state index in [-0.39, 0.29) is 0 Å². The fourth-order valence-corrected chi connectivity index (χ4v) is 3.84. The molecule has 2 fully saturated rings. The molecule has 0 spiro atoms. The summed E-state index contributed by atoms with van der Waals surface area (Å²) in [6, 6.07) is 6.02. The van der Waals surface area contributed by atoms with Crippen LogP contribution in [0.2, 0.25) is 0 Å². The summed E-state index contributed by atoms with van der Waals surface area (Å²) in [6.07, 6.45) is 4.06. The third-order valence-electron chi connectivity index (χ3n) is 4.61. The van der Waals surface area contributed by atoms with Gasteiger partial charge < -0.3 is 5.32 Å². The average Bonchev–Trinajstić information content (AvgIpc) is 2.86. The van der Waals surface area contributed by atoms with Gasteiger partial charge >= 0.3 is 0 Å². The molecule has 2 atom stereocenters. The number of aryl methyl sites for hydroxylation is 3. The zero-order valence-electron chi connectivity index (χ0n) is 11.8. The minimum absolute atomic E-state index is 0.660. The van der Waals surface area contributed by atoms with Gasteiger partial charge in [0.2, 0.25) is 0 Å². The summed E-state index contributed by atoms with van der Waals surface area (Å²) >= 11 is 0. The quantitative estimate of drug-likeness (QED) is 0.859. The monoisotopic (exact) mass is 244 g/mol. The maximum atomic E-state index is 3.83. The van der Waals surface area contributed by atoms with E-state index >= 15 is 0 Å². The van der Waals surface area contributed by atoms with Crippen LogP contribution in [-0.4, -0.2) is 30.1 Å². The van der Waals surface area contributed by atoms with Crippen LogP contribution in [0.5, 0.6) is 0 Å². The lowest BCUT2D eigenvalue weighted by Gasteiger charge is -2.24. The third kappa shape index (κ3) is 2.03. The molecule has 2 unspecified atom stereocenters. The molecule has 0 amide bonds. The van der Waals surface area contributed by atoms with E-state index in [1.165, 1.54) is 54.7 Å². The molecule has 1 aromatic carbocycles. The van der Waals surface area contributed by atoms with Gasteiger partial charge in [-0.25, -0.2) is 0 Å². The maximum absolute atomic E-state index is 3.83. The predicted octanol–water partition coefficient (Wildman–Crippen LogP) is 3.26. The first-order valence-corrected chi connectivity index (χ1v) is 7.23. The molecule has 98 valence electrons. The summed E-state index contributed by atoms with van der Waals surface area (Å²) in [5.74, 6) is 0. The van der Waals surface area contributed by atoms with E-state index in [2.05, 4.69) is 43.1 Å². The average molecular weight is 244 g/mol. The van der Waals surface area contributed by atoms with E-state index in [0.717, 1.165) is 6.04 Å². The smallest absolute Gasteiger partial charge is 0.0429 e. The Bertz CT molecular complexity index is 429. The van der Waals surface area contributed by atoms with E-state index in [1.54, 1.807) is 0 Å². The molecule has 0 saturated carbocycles. The number of rotatable bonds is 2. The molecule has 0 radical (unpaired) electrons. The molecule has 0 aliphatic carbocycles. The Kier molecular flexibility index (Phi) is 3.06. The van der Waals surface area contributed by atoms with Crippen molar-refractivity contribution in [2.75, 3.05) is 18.4 Å². The molecule has 1 N–H and O–H groups in total. The molecule has 2 aliphatic heterocycles. The maximum Gasteiger partial charge on any atom is 0.0429 e. The highest BCUT2D eigenvalue weighted by atomic mass is 15.2. The Morgan fingerprint density at radius 1 is 1.06 bits per heavy atom. The van der Waals surface area contributed by atoms with Crippen molar-refractivity contribution in [3.63, 3.8) is 0 Å². The molecule has 2 heteroatoms. The van der Waals surface area contributed by atoms with Gasteiger partial charge in [0.1, 0.15) is 0 Å². The first-order chi connectivity index (χ1) is 8.65. The van der Waals surface area contributed by atoms with Crippen LogP contribution in [0.1, 0.15) is 36.0 Å². The van der Waals surface area contributed by atoms with Crippen molar-refractivity contribution in [1.82, 2.24) is 4.90 Å². The van der Waals surface area contributed by atoms with E-state index in [4.69, 9.17) is 0 Å². The van der Waals surface area contributed by atoms with Crippen molar-refractivity contribution in [3.05, 3.63) is 28.8 Å². The lowest BCUT2D eigenvalue weighted by Crippen LogP contribution is -2.34. The van der Waals surface area contributed by atoms with Crippen LogP contribution in [-0.2, 0) is 0 Å². The third-order valence-corrected chi connectivity index (χ3v) is 4.61. The topological polar surface area (TPSA) is 15.3 Å². The van der Waals surface area contributed by atoms with Crippen molar-refractivity contribution in [1.29, 1.82) is 0 Å². The number of nitrogens with one attached hydrogen (secondary N) is 1. The van der Waals surface area contributed by atoms with Gasteiger partial charge in [-0.1, -0.05) is 17.7 Å². The molecule has 0 bridgehead atoms. The number of hydrogen-bond acceptors (Lipinski definition) is 2. The predicted molar refractivity (Wildman–Crippen MR) is 77.3 cm³/mol. The molecule has 2 nitrogen and oxygen atoms in total. The van der Waals surface area contributed by atoms with Crippen molar-refractivity contribution in [2.24, 2.45) is 0 Å². The van der Waals surface area contributed by atoms with E-state index in [9.17, 15) is 0 Å². The van der Waals surface area contributed by atoms with E-state index in [1.807, 2.05) is 0 Å². The molecular weight excluding hydrogens is 220 g/mol. The Balaban J connectivity index is 1.81. The summed E-state index contributed by atoms with van der Waals surface area (Å²) in [6.45, 7) is 9.23. The van der Waals surface area contributed by atoms with Gasteiger partial charge in [-0.05, 0) is 57.7 Å². The zero-order chi connectivity index (χ0) is 12.7. The zero-order valence-corrected chi connectivity index (χ0v) is 11.8. The number of anilines is 1. The standard InChI is InChI=1S/C16H24N2/c1-11-9-12(2)16(13(3)10-11)17-14-6-8-18-7-4-5-15(14)18/h9-10,14-15,17H,4-8H2,1-3H3. The highest BCUT2D eigenvalue weighted by Crippen LogP contribution is 2.32. The molecule has 18 heavy (non-hydrogen) atoms. The SMILES string of the molecule is Cc1cc(C)c(NC2CCN3CCCC23)c(C)c1. The highest BCUT2D eigenvalue weighted by molar-refractivity contribution is 5.59. The largest absolute Gasteiger partial charge is 0.380 e. The molecular formula is C16H24N2. The summed E-state index contributed by atoms with van der Waals surface area (Å²) in [5.41, 5.74) is 5.52. The Morgan fingerprint density at radius 2 is 1.78 bits per heavy atom. The minimum Gasteiger partial charge on any atom is -0.380 e. The second-order valence-electron chi connectivity index (χ2n) is 6.06. The fourth-order valence-electron chi connectivity index (χ4n) is 3.84. The van der Waals surface area contributed by atoms with Crippen LogP contribution in [0.4, 0.5) is 5.69 Å². The van der Waals surface area contributed by atoms with Gasteiger partial charge in [0, 0.05) is 24.3 Å². The van der Waals surface area contributed by atoms with E-state index in [0.29, 0.717) is 6.04 Å². The van der Waals surface area contributed by atoms with Gasteiger partial charge in [-0.15, -0.1) is 0 Å². The fraction of sp³-hybridized carbons (Fsp3) is 0.625. The van der Waals surface area contributed by atoms with Gasteiger partial charge in [0.25, 0.3) is 0 Å². The first-order valence-electron chi connectivity index (χ1n) is 7.23. The van der Waals surface area contributed by atoms with Crippen LogP contribution in [0, 0.1) is 20.8 Å². The molecule has 0 aromatic heterocycles. The second kappa shape index (κ2) is 4.58. The normalized spacial score (nSPS) is 27.5. The van der Waals surface area contributed by atoms with Crippen LogP contribution in [0.15, 0.2) is 12.1 Å². The minimum atomic E-state index is 0.660. The number of fused-ring (bicyclic) bond motifs is 1. The van der Waals surface area contributed by atoms with Crippen molar-refractivity contribution >= 4 is 5.69 Å². The van der Waals surface area contributed by atoms with Crippen molar-refractivity contribution in [2.45, 2.75) is 52.1 Å². The molecule has 2 aliphatic rings. The van der Waals surface area contributed by atoms with Gasteiger partial charge in [0.05, 0.1) is 0 Å². The van der Waals surface area contributed by atoms with Gasteiger partial charge in [0.15, 0.2) is 0 Å². The molecule has 2 heterocycles. The number of hydrogen-bond donors (Lipinski definition) is 1. The van der Waals surface area contributed by atoms with Crippen LogP contribution < -0.4 is 5.32 Å². The van der Waals surface area contributed by atoms with Crippen molar-refractivity contribution in [3.8, 4) is 0 Å². The summed E-state index contributed by atoms with van der Waals surface area (Å²) in [4.78, 5) is 2.66. The second-order valence-corrected chi connectivity index (χ2v) is 6.06. The summed E-state index contributed by atoms with van der Waals surface area (Å²) in [5, 5.41) is 3.83. The number of benzene rings is 1. The Morgan fingerprint density at radius 3 is 2.50 bits per heavy atom. The van der Waals surface area contributed by atoms with Crippen LogP contribution in [0.3, 0.4) is 0 Å². The van der Waals surface area contributed by atoms with Crippen LogP contribution in [0.25, 0.3) is 0 Å². The van der Waals surface area contributed by atoms with Gasteiger partial charge in [-0.2, -0.15) is 0 Å². The highest BCUT2D eigenvalue weighted by Gasteiger charge is 2.37. The van der Waals surface area contributed by atoms with Crippen molar-refractivity contribution < 1.29 is 0 Å².